The first-order chi connectivity index (χ1) is 14.0. The van der Waals surface area contributed by atoms with Gasteiger partial charge in [0.05, 0.1) is 18.1 Å². The van der Waals surface area contributed by atoms with Gasteiger partial charge < -0.3 is 15.7 Å². The molecule has 0 spiro atoms. The molecule has 3 aromatic rings. The van der Waals surface area contributed by atoms with Gasteiger partial charge in [-0.2, -0.15) is 0 Å². The molecule has 1 heterocycles. The van der Waals surface area contributed by atoms with Crippen LogP contribution in [-0.2, 0) is 4.79 Å². The van der Waals surface area contributed by atoms with Crippen LogP contribution in [-0.4, -0.2) is 33.4 Å². The number of aromatic nitrogens is 2. The summed E-state index contributed by atoms with van der Waals surface area (Å²) in [7, 11) is 0. The molecule has 7 nitrogen and oxygen atoms in total. The molecule has 8 heteroatoms. The first-order valence-electron chi connectivity index (χ1n) is 8.96. The molecule has 2 amide bonds. The summed E-state index contributed by atoms with van der Waals surface area (Å²) in [5, 5.41) is 15.6. The molecule has 29 heavy (non-hydrogen) atoms. The number of nitrogens with one attached hydrogen (secondary N) is 2. The Bertz CT molecular complexity index is 992. The Morgan fingerprint density at radius 3 is 2.45 bits per heavy atom. The third-order valence-corrected chi connectivity index (χ3v) is 4.26. The van der Waals surface area contributed by atoms with Gasteiger partial charge in [0.25, 0.3) is 5.91 Å². The molecule has 0 unspecified atom stereocenters. The summed E-state index contributed by atoms with van der Waals surface area (Å²) in [4.78, 5) is 32.4. The van der Waals surface area contributed by atoms with E-state index in [1.807, 2.05) is 0 Å². The first kappa shape index (κ1) is 20.3. The van der Waals surface area contributed by atoms with Crippen LogP contribution in [0, 0.1) is 0 Å². The first-order valence-corrected chi connectivity index (χ1v) is 9.34. The maximum Gasteiger partial charge on any atom is 0.251 e. The van der Waals surface area contributed by atoms with Gasteiger partial charge in [-0.1, -0.05) is 23.7 Å². The van der Waals surface area contributed by atoms with Crippen molar-refractivity contribution in [2.45, 2.75) is 12.8 Å². The van der Waals surface area contributed by atoms with E-state index >= 15 is 0 Å². The predicted molar refractivity (Wildman–Crippen MR) is 111 cm³/mol. The van der Waals surface area contributed by atoms with E-state index in [0.717, 1.165) is 0 Å². The molecule has 0 bridgehead atoms. The van der Waals surface area contributed by atoms with Gasteiger partial charge in [-0.05, 0) is 42.8 Å². The molecule has 0 saturated heterocycles. The average Bonchev–Trinajstić information content (AvgIpc) is 2.72. The van der Waals surface area contributed by atoms with Crippen molar-refractivity contribution in [2.75, 3.05) is 11.9 Å². The molecule has 148 valence electrons. The number of carbonyl (C=O) groups excluding carboxylic acids is 2. The lowest BCUT2D eigenvalue weighted by Crippen LogP contribution is -2.25. The van der Waals surface area contributed by atoms with Crippen molar-refractivity contribution in [1.82, 2.24) is 15.3 Å². The van der Waals surface area contributed by atoms with E-state index in [0.29, 0.717) is 40.6 Å². The second-order valence-electron chi connectivity index (χ2n) is 6.26. The van der Waals surface area contributed by atoms with Crippen molar-refractivity contribution in [2.24, 2.45) is 0 Å². The minimum Gasteiger partial charge on any atom is -0.508 e. The lowest BCUT2D eigenvalue weighted by atomic mass is 10.2. The summed E-state index contributed by atoms with van der Waals surface area (Å²) in [6, 6.07) is 13.2. The highest BCUT2D eigenvalue weighted by molar-refractivity contribution is 6.30. The Hall–Kier alpha value is -3.45. The predicted octanol–water partition coefficient (Wildman–Crippen LogP) is 3.65. The van der Waals surface area contributed by atoms with Crippen molar-refractivity contribution in [3.63, 3.8) is 0 Å². The van der Waals surface area contributed by atoms with Gasteiger partial charge in [-0.25, -0.2) is 9.97 Å². The molecule has 3 N–H and O–H groups in total. The maximum absolute atomic E-state index is 12.0. The minimum atomic E-state index is -0.210. The zero-order valence-electron chi connectivity index (χ0n) is 15.4. The second kappa shape index (κ2) is 9.66. The number of carbonyl (C=O) groups is 2. The van der Waals surface area contributed by atoms with Crippen LogP contribution in [0.5, 0.6) is 5.75 Å². The van der Waals surface area contributed by atoms with Gasteiger partial charge in [0, 0.05) is 29.1 Å². The van der Waals surface area contributed by atoms with Crippen molar-refractivity contribution in [1.29, 1.82) is 0 Å². The SMILES string of the molecule is O=C(CCCNC(=O)c1ccc(Cl)cc1)Nc1cnc(-c2cccc(O)c2)nc1. The van der Waals surface area contributed by atoms with Crippen LogP contribution < -0.4 is 10.6 Å². The third-order valence-electron chi connectivity index (χ3n) is 4.01. The molecule has 3 rings (SSSR count). The fourth-order valence-corrected chi connectivity index (χ4v) is 2.69. The Morgan fingerprint density at radius 1 is 1.03 bits per heavy atom. The molecule has 0 aliphatic rings. The van der Waals surface area contributed by atoms with E-state index in [2.05, 4.69) is 20.6 Å². The summed E-state index contributed by atoms with van der Waals surface area (Å²) in [6.07, 6.45) is 3.75. The van der Waals surface area contributed by atoms with Crippen LogP contribution in [0.1, 0.15) is 23.2 Å². The van der Waals surface area contributed by atoms with Gasteiger partial charge in [-0.3, -0.25) is 9.59 Å². The van der Waals surface area contributed by atoms with Gasteiger partial charge in [-0.15, -0.1) is 0 Å². The number of phenolic OH excluding ortho intramolecular Hbond substituents is 1. The van der Waals surface area contributed by atoms with Crippen molar-refractivity contribution < 1.29 is 14.7 Å². The number of hydrogen-bond donors (Lipinski definition) is 3. The summed E-state index contributed by atoms with van der Waals surface area (Å²) in [5.74, 6) is 0.174. The Kier molecular flexibility index (Phi) is 6.76. The van der Waals surface area contributed by atoms with Crippen LogP contribution >= 0.6 is 11.6 Å². The zero-order chi connectivity index (χ0) is 20.6. The average molecular weight is 411 g/mol. The highest BCUT2D eigenvalue weighted by Crippen LogP contribution is 2.20. The fourth-order valence-electron chi connectivity index (χ4n) is 2.56. The summed E-state index contributed by atoms with van der Waals surface area (Å²) in [5.41, 5.74) is 1.67. The van der Waals surface area contributed by atoms with Gasteiger partial charge in [0.15, 0.2) is 5.82 Å². The maximum atomic E-state index is 12.0. The highest BCUT2D eigenvalue weighted by Gasteiger charge is 2.07. The molecule has 2 aromatic carbocycles. The Morgan fingerprint density at radius 2 is 1.76 bits per heavy atom. The number of amides is 2. The number of anilines is 1. The zero-order valence-corrected chi connectivity index (χ0v) is 16.2. The molecule has 0 radical (unpaired) electrons. The van der Waals surface area contributed by atoms with E-state index in [1.165, 1.54) is 12.4 Å². The van der Waals surface area contributed by atoms with E-state index in [9.17, 15) is 14.7 Å². The van der Waals surface area contributed by atoms with Crippen molar-refractivity contribution >= 4 is 29.1 Å². The normalized spacial score (nSPS) is 10.4. The molecule has 0 fully saturated rings. The number of benzene rings is 2. The van der Waals surface area contributed by atoms with Crippen molar-refractivity contribution in [3.05, 3.63) is 71.5 Å². The smallest absolute Gasteiger partial charge is 0.251 e. The van der Waals surface area contributed by atoms with Gasteiger partial charge in [0.1, 0.15) is 5.75 Å². The number of rotatable bonds is 7. The summed E-state index contributed by atoms with van der Waals surface area (Å²) >= 11 is 5.80. The topological polar surface area (TPSA) is 104 Å². The standard InChI is InChI=1S/C21H19ClN4O3/c22-16-8-6-14(7-9-16)21(29)23-10-2-5-19(28)26-17-12-24-20(25-13-17)15-3-1-4-18(27)11-15/h1,3-4,6-9,11-13,27H,2,5,10H2,(H,23,29)(H,26,28). The van der Waals surface area contributed by atoms with Gasteiger partial charge >= 0.3 is 0 Å². The quantitative estimate of drug-likeness (QED) is 0.516. The number of halogens is 1. The summed E-state index contributed by atoms with van der Waals surface area (Å²) in [6.45, 7) is 0.377. The molecule has 0 aliphatic heterocycles. The number of aromatic hydroxyl groups is 1. The minimum absolute atomic E-state index is 0.131. The summed E-state index contributed by atoms with van der Waals surface area (Å²) < 4.78 is 0. The number of nitrogens with zero attached hydrogens (tertiary/aromatic N) is 2. The largest absolute Gasteiger partial charge is 0.508 e. The van der Waals surface area contributed by atoms with E-state index in [-0.39, 0.29) is 24.0 Å². The molecular formula is C21H19ClN4O3. The van der Waals surface area contributed by atoms with Crippen molar-refractivity contribution in [3.8, 4) is 17.1 Å². The third kappa shape index (κ3) is 6.02. The monoisotopic (exact) mass is 410 g/mol. The van der Waals surface area contributed by atoms with E-state index in [4.69, 9.17) is 11.6 Å². The molecule has 1 aromatic heterocycles. The molecule has 0 saturated carbocycles. The highest BCUT2D eigenvalue weighted by atomic mass is 35.5. The lowest BCUT2D eigenvalue weighted by molar-refractivity contribution is -0.116. The Labute approximate surface area is 172 Å². The molecule has 0 atom stereocenters. The van der Waals surface area contributed by atoms with Crippen LogP contribution in [0.4, 0.5) is 5.69 Å². The lowest BCUT2D eigenvalue weighted by Gasteiger charge is -2.07. The molecule has 0 aliphatic carbocycles. The van der Waals surface area contributed by atoms with Crippen LogP contribution in [0.2, 0.25) is 5.02 Å². The van der Waals surface area contributed by atoms with E-state index in [1.54, 1.807) is 48.5 Å². The number of hydrogen-bond acceptors (Lipinski definition) is 5. The second-order valence-corrected chi connectivity index (χ2v) is 6.70. The van der Waals surface area contributed by atoms with E-state index < -0.39 is 0 Å². The number of phenols is 1. The van der Waals surface area contributed by atoms with Crippen LogP contribution in [0.25, 0.3) is 11.4 Å². The fraction of sp³-hybridized carbons (Fsp3) is 0.143. The molecular weight excluding hydrogens is 392 g/mol. The Balaban J connectivity index is 1.42. The van der Waals surface area contributed by atoms with Crippen LogP contribution in [0.15, 0.2) is 60.9 Å². The van der Waals surface area contributed by atoms with Crippen LogP contribution in [0.3, 0.4) is 0 Å². The van der Waals surface area contributed by atoms with Gasteiger partial charge in [0.2, 0.25) is 5.91 Å².